The molecule has 0 spiro atoms. The maximum absolute atomic E-state index is 12.9. The first-order chi connectivity index (χ1) is 31.5. The number of hydrogen-bond donors (Lipinski definition) is 0. The van der Waals surface area contributed by atoms with E-state index in [4.69, 9.17) is 0 Å². The predicted molar refractivity (Wildman–Crippen MR) is 254 cm³/mol. The third-order valence-electron chi connectivity index (χ3n) is 12.2. The van der Waals surface area contributed by atoms with Crippen LogP contribution in [0.25, 0.3) is 0 Å². The minimum absolute atomic E-state index is 0.307. The number of amides is 8. The minimum atomic E-state index is -0.354. The van der Waals surface area contributed by atoms with Gasteiger partial charge in [0, 0.05) is 54.0 Å². The van der Waals surface area contributed by atoms with E-state index >= 15 is 0 Å². The van der Waals surface area contributed by atoms with Crippen molar-refractivity contribution < 1.29 is 38.4 Å². The largest absolute Gasteiger partial charge is 0.269 e. The van der Waals surface area contributed by atoms with Crippen LogP contribution in [0.15, 0.2) is 108 Å². The molecule has 0 bridgehead atoms. The lowest BCUT2D eigenvalue weighted by atomic mass is 9.93. The van der Waals surface area contributed by atoms with Gasteiger partial charge < -0.3 is 0 Å². The first kappa shape index (κ1) is 46.4. The van der Waals surface area contributed by atoms with Crippen LogP contribution in [0, 0.1) is 27.7 Å². The van der Waals surface area contributed by atoms with Gasteiger partial charge in [-0.25, -0.2) is 19.6 Å². The molecule has 0 saturated heterocycles. The molecule has 4 heterocycles. The summed E-state index contributed by atoms with van der Waals surface area (Å²) in [5, 5.41) is 0. The van der Waals surface area contributed by atoms with Crippen LogP contribution >= 0.6 is 0 Å². The van der Waals surface area contributed by atoms with E-state index in [1.807, 2.05) is 104 Å². The third kappa shape index (κ3) is 8.78. The lowest BCUT2D eigenvalue weighted by Crippen LogP contribution is -2.32. The highest BCUT2D eigenvalue weighted by Gasteiger charge is 2.35. The van der Waals surface area contributed by atoms with Crippen LogP contribution in [0.1, 0.15) is 96.2 Å². The molecule has 8 rings (SSSR count). The van der Waals surface area contributed by atoms with Crippen LogP contribution in [0.4, 0.5) is 22.7 Å². The molecule has 4 aliphatic heterocycles. The Bertz CT molecular complexity index is 2700. The summed E-state index contributed by atoms with van der Waals surface area (Å²) in [7, 11) is 0. The number of benzene rings is 4. The number of carbonyl (C=O) groups is 8. The Labute approximate surface area is 384 Å². The molecule has 4 aromatic carbocycles. The van der Waals surface area contributed by atoms with Crippen molar-refractivity contribution in [1.82, 2.24) is 0 Å². The topological polar surface area (TPSA) is 150 Å². The average Bonchev–Trinajstić information content (AvgIpc) is 3.98. The summed E-state index contributed by atoms with van der Waals surface area (Å²) in [6.07, 6.45) is 11.3. The fourth-order valence-corrected chi connectivity index (χ4v) is 9.08. The Kier molecular flexibility index (Phi) is 13.3. The van der Waals surface area contributed by atoms with Crippen molar-refractivity contribution in [3.05, 3.63) is 164 Å². The third-order valence-corrected chi connectivity index (χ3v) is 12.2. The Hall–Kier alpha value is -7.60. The summed E-state index contributed by atoms with van der Waals surface area (Å²) in [6, 6.07) is 19.3. The van der Waals surface area contributed by atoms with E-state index in [1.165, 1.54) is 56.1 Å². The van der Waals surface area contributed by atoms with Crippen molar-refractivity contribution in [3.8, 4) is 0 Å². The molecule has 0 saturated carbocycles. The van der Waals surface area contributed by atoms with Crippen LogP contribution < -0.4 is 19.6 Å². The SMILES string of the molecule is CCC1=CC(=O)N(c2ccc(C)cc2Cc2cc(C)ccc2N2C(=O)C=C(CC)C2=O)C1=O.CCc1cc(Cc2cc(C)c(N3C(=O)C=CC3=O)c(CC)c2)cc(C)c1N1C(=O)C=CC1=O. The fourth-order valence-electron chi connectivity index (χ4n) is 9.08. The van der Waals surface area contributed by atoms with Gasteiger partial charge in [-0.05, 0) is 116 Å². The van der Waals surface area contributed by atoms with E-state index in [-0.39, 0.29) is 47.3 Å². The zero-order valence-corrected chi connectivity index (χ0v) is 38.5. The number of imide groups is 4. The second kappa shape index (κ2) is 18.9. The highest BCUT2D eigenvalue weighted by molar-refractivity contribution is 6.32. The van der Waals surface area contributed by atoms with Gasteiger partial charge in [0.2, 0.25) is 0 Å². The highest BCUT2D eigenvalue weighted by atomic mass is 16.2. The molecule has 0 unspecified atom stereocenters. The molecule has 0 atom stereocenters. The van der Waals surface area contributed by atoms with E-state index in [0.717, 1.165) is 55.6 Å². The molecular weight excluding hydrogens is 833 g/mol. The van der Waals surface area contributed by atoms with E-state index in [9.17, 15) is 38.4 Å². The Morgan fingerprint density at radius 2 is 0.742 bits per heavy atom. The first-order valence-corrected chi connectivity index (χ1v) is 22.2. The zero-order chi connectivity index (χ0) is 47.7. The van der Waals surface area contributed by atoms with Crippen LogP contribution in [-0.2, 0) is 64.0 Å². The van der Waals surface area contributed by atoms with Gasteiger partial charge in [-0.3, -0.25) is 38.4 Å². The van der Waals surface area contributed by atoms with E-state index in [0.29, 0.717) is 72.4 Å². The second-order valence-electron chi connectivity index (χ2n) is 16.9. The molecule has 12 nitrogen and oxygen atoms in total. The van der Waals surface area contributed by atoms with Gasteiger partial charge >= 0.3 is 0 Å². The number of aryl methyl sites for hydroxylation is 6. The zero-order valence-electron chi connectivity index (χ0n) is 38.5. The molecule has 0 radical (unpaired) electrons. The highest BCUT2D eigenvalue weighted by Crippen LogP contribution is 2.36. The van der Waals surface area contributed by atoms with Gasteiger partial charge in [0.05, 0.1) is 22.7 Å². The van der Waals surface area contributed by atoms with Crippen LogP contribution in [0.3, 0.4) is 0 Å². The van der Waals surface area contributed by atoms with Crippen molar-refractivity contribution >= 4 is 70.0 Å². The predicted octanol–water partition coefficient (Wildman–Crippen LogP) is 8.19. The summed E-state index contributed by atoms with van der Waals surface area (Å²) in [5.41, 5.74) is 12.6. The molecule has 336 valence electrons. The maximum atomic E-state index is 12.9. The lowest BCUT2D eigenvalue weighted by molar-refractivity contribution is -0.122. The molecular formula is C54H52N4O8. The summed E-state index contributed by atoms with van der Waals surface area (Å²) in [6.45, 7) is 15.4. The van der Waals surface area contributed by atoms with Gasteiger partial charge in [0.1, 0.15) is 0 Å². The van der Waals surface area contributed by atoms with Crippen LogP contribution in [0.2, 0.25) is 0 Å². The van der Waals surface area contributed by atoms with Crippen LogP contribution in [-0.4, -0.2) is 47.3 Å². The standard InChI is InChI=1S/2C27H26N2O4/c1-5-18-14-24(30)28(26(18)32)22-9-7-16(3)11-20(22)13-21-12-17(4)8-10-23(21)29-25(31)15-19(6-2)27(29)33;1-5-20-14-18(11-16(3)26(20)28-22(30)7-8-23(28)31)13-19-12-17(4)27(21(6-2)15-19)29-24(32)9-10-25(29)33/h2*7-12,14-15H,5-6,13H2,1-4H3. The van der Waals surface area contributed by atoms with Crippen molar-refractivity contribution in [3.63, 3.8) is 0 Å². The molecule has 0 fully saturated rings. The van der Waals surface area contributed by atoms with Crippen molar-refractivity contribution in [2.75, 3.05) is 19.6 Å². The van der Waals surface area contributed by atoms with E-state index < -0.39 is 0 Å². The molecule has 0 N–H and O–H groups in total. The number of carbonyl (C=O) groups excluding carboxylic acids is 8. The van der Waals surface area contributed by atoms with Gasteiger partial charge in [0.25, 0.3) is 47.3 Å². The monoisotopic (exact) mass is 884 g/mol. The van der Waals surface area contributed by atoms with Gasteiger partial charge in [0.15, 0.2) is 0 Å². The Morgan fingerprint density at radius 1 is 0.379 bits per heavy atom. The molecule has 8 amide bonds. The van der Waals surface area contributed by atoms with Crippen molar-refractivity contribution in [2.45, 2.75) is 93.9 Å². The normalized spacial score (nSPS) is 15.8. The molecule has 66 heavy (non-hydrogen) atoms. The van der Waals surface area contributed by atoms with E-state index in [1.54, 1.807) is 12.1 Å². The molecule has 0 aromatic heterocycles. The number of rotatable bonds is 12. The summed E-state index contributed by atoms with van der Waals surface area (Å²) in [5.74, 6) is -2.58. The van der Waals surface area contributed by atoms with Gasteiger partial charge in [-0.1, -0.05) is 87.4 Å². The minimum Gasteiger partial charge on any atom is -0.269 e. The number of hydrogen-bond acceptors (Lipinski definition) is 8. The molecule has 4 aliphatic rings. The fraction of sp³-hybridized carbons (Fsp3) is 0.259. The molecule has 4 aromatic rings. The first-order valence-electron chi connectivity index (χ1n) is 22.2. The van der Waals surface area contributed by atoms with Crippen molar-refractivity contribution in [1.29, 1.82) is 0 Å². The summed E-state index contributed by atoms with van der Waals surface area (Å²) in [4.78, 5) is 105. The average molecular weight is 885 g/mol. The van der Waals surface area contributed by atoms with Gasteiger partial charge in [-0.15, -0.1) is 0 Å². The maximum Gasteiger partial charge on any atom is 0.261 e. The Balaban J connectivity index is 0.000000196. The number of nitrogens with zero attached hydrogens (tertiary/aromatic N) is 4. The lowest BCUT2D eigenvalue weighted by Gasteiger charge is -2.23. The number of anilines is 4. The van der Waals surface area contributed by atoms with Gasteiger partial charge in [-0.2, -0.15) is 0 Å². The summed E-state index contributed by atoms with van der Waals surface area (Å²) >= 11 is 0. The van der Waals surface area contributed by atoms with E-state index in [2.05, 4.69) is 0 Å². The molecule has 0 aliphatic carbocycles. The smallest absolute Gasteiger partial charge is 0.261 e. The van der Waals surface area contributed by atoms with Crippen molar-refractivity contribution in [2.24, 2.45) is 0 Å². The Morgan fingerprint density at radius 3 is 1.06 bits per heavy atom. The quantitative estimate of drug-likeness (QED) is 0.129. The van der Waals surface area contributed by atoms with Crippen LogP contribution in [0.5, 0.6) is 0 Å². The summed E-state index contributed by atoms with van der Waals surface area (Å²) < 4.78 is 0. The second-order valence-corrected chi connectivity index (χ2v) is 16.9. The molecule has 12 heteroatoms.